The SMILES string of the molecule is COc1cc(CNCc2cnc(C)[nH]2)cc(OC)c1OC. The topological polar surface area (TPSA) is 68.4 Å². The molecule has 0 fully saturated rings. The number of H-pyrrole nitrogens is 1. The van der Waals surface area contributed by atoms with Crippen LogP contribution in [0.15, 0.2) is 18.3 Å². The van der Waals surface area contributed by atoms with Gasteiger partial charge in [0.05, 0.1) is 21.3 Å². The van der Waals surface area contributed by atoms with E-state index in [1.54, 1.807) is 21.3 Å². The monoisotopic (exact) mass is 291 g/mol. The predicted molar refractivity (Wildman–Crippen MR) is 80.0 cm³/mol. The number of rotatable bonds is 7. The number of ether oxygens (including phenoxy) is 3. The van der Waals surface area contributed by atoms with Crippen LogP contribution in [0.25, 0.3) is 0 Å². The van der Waals surface area contributed by atoms with E-state index in [1.807, 2.05) is 25.3 Å². The van der Waals surface area contributed by atoms with Crippen molar-refractivity contribution in [1.82, 2.24) is 15.3 Å². The molecule has 0 saturated carbocycles. The van der Waals surface area contributed by atoms with Crippen LogP contribution in [0.1, 0.15) is 17.1 Å². The van der Waals surface area contributed by atoms with E-state index in [0.29, 0.717) is 23.8 Å². The second kappa shape index (κ2) is 6.99. The molecule has 0 saturated heterocycles. The van der Waals surface area contributed by atoms with Gasteiger partial charge < -0.3 is 24.5 Å². The van der Waals surface area contributed by atoms with Crippen LogP contribution in [0.3, 0.4) is 0 Å². The summed E-state index contributed by atoms with van der Waals surface area (Å²) in [6.07, 6.45) is 1.83. The van der Waals surface area contributed by atoms with Crippen molar-refractivity contribution in [2.24, 2.45) is 0 Å². The molecule has 1 heterocycles. The fraction of sp³-hybridized carbons (Fsp3) is 0.400. The van der Waals surface area contributed by atoms with Gasteiger partial charge in [-0.25, -0.2) is 4.98 Å². The van der Waals surface area contributed by atoms with Gasteiger partial charge in [-0.2, -0.15) is 0 Å². The average Bonchev–Trinajstić information content (AvgIpc) is 2.91. The number of aryl methyl sites for hydroxylation is 1. The molecule has 0 aliphatic carbocycles. The second-order valence-electron chi connectivity index (χ2n) is 4.63. The van der Waals surface area contributed by atoms with E-state index in [-0.39, 0.29) is 0 Å². The van der Waals surface area contributed by atoms with Crippen molar-refractivity contribution < 1.29 is 14.2 Å². The van der Waals surface area contributed by atoms with Crippen molar-refractivity contribution in [3.63, 3.8) is 0 Å². The Hall–Kier alpha value is -2.21. The highest BCUT2D eigenvalue weighted by Gasteiger charge is 2.12. The Morgan fingerprint density at radius 2 is 1.71 bits per heavy atom. The molecule has 2 N–H and O–H groups in total. The Balaban J connectivity index is 2.05. The number of methoxy groups -OCH3 is 3. The smallest absolute Gasteiger partial charge is 0.203 e. The summed E-state index contributed by atoms with van der Waals surface area (Å²) in [7, 11) is 4.82. The van der Waals surface area contributed by atoms with Crippen molar-refractivity contribution in [3.05, 3.63) is 35.4 Å². The molecule has 6 heteroatoms. The molecule has 0 amide bonds. The highest BCUT2D eigenvalue weighted by molar-refractivity contribution is 5.53. The van der Waals surface area contributed by atoms with Crippen LogP contribution >= 0.6 is 0 Å². The summed E-state index contributed by atoms with van der Waals surface area (Å²) in [6, 6.07) is 3.87. The predicted octanol–water partition coefficient (Wildman–Crippen LogP) is 2.03. The molecule has 0 unspecified atom stereocenters. The van der Waals surface area contributed by atoms with E-state index >= 15 is 0 Å². The van der Waals surface area contributed by atoms with Gasteiger partial charge in [0.2, 0.25) is 5.75 Å². The minimum atomic E-state index is 0.605. The summed E-state index contributed by atoms with van der Waals surface area (Å²) in [6.45, 7) is 3.34. The van der Waals surface area contributed by atoms with Crippen LogP contribution in [0.2, 0.25) is 0 Å². The van der Waals surface area contributed by atoms with E-state index in [1.165, 1.54) is 0 Å². The zero-order valence-corrected chi connectivity index (χ0v) is 12.8. The van der Waals surface area contributed by atoms with Crippen LogP contribution in [0.4, 0.5) is 0 Å². The molecule has 1 aromatic heterocycles. The minimum Gasteiger partial charge on any atom is -0.493 e. The minimum absolute atomic E-state index is 0.605. The highest BCUT2D eigenvalue weighted by Crippen LogP contribution is 2.38. The molecule has 0 bridgehead atoms. The van der Waals surface area contributed by atoms with Crippen LogP contribution in [-0.2, 0) is 13.1 Å². The van der Waals surface area contributed by atoms with Gasteiger partial charge >= 0.3 is 0 Å². The van der Waals surface area contributed by atoms with Crippen LogP contribution in [0, 0.1) is 6.92 Å². The fourth-order valence-electron chi connectivity index (χ4n) is 2.14. The first-order valence-corrected chi connectivity index (χ1v) is 6.68. The summed E-state index contributed by atoms with van der Waals surface area (Å²) in [5.74, 6) is 2.84. The van der Waals surface area contributed by atoms with Gasteiger partial charge in [0.15, 0.2) is 11.5 Å². The van der Waals surface area contributed by atoms with E-state index in [4.69, 9.17) is 14.2 Å². The van der Waals surface area contributed by atoms with E-state index in [9.17, 15) is 0 Å². The zero-order chi connectivity index (χ0) is 15.2. The molecule has 6 nitrogen and oxygen atoms in total. The largest absolute Gasteiger partial charge is 0.493 e. The fourth-order valence-corrected chi connectivity index (χ4v) is 2.14. The summed E-state index contributed by atoms with van der Waals surface area (Å²) in [5.41, 5.74) is 2.11. The molecule has 114 valence electrons. The zero-order valence-electron chi connectivity index (χ0n) is 12.8. The van der Waals surface area contributed by atoms with Gasteiger partial charge in [-0.15, -0.1) is 0 Å². The lowest BCUT2D eigenvalue weighted by Crippen LogP contribution is -2.13. The third-order valence-electron chi connectivity index (χ3n) is 3.12. The number of imidazole rings is 1. The lowest BCUT2D eigenvalue weighted by Gasteiger charge is -2.14. The molecule has 0 spiro atoms. The quantitative estimate of drug-likeness (QED) is 0.817. The Morgan fingerprint density at radius 1 is 1.05 bits per heavy atom. The van der Waals surface area contributed by atoms with Crippen molar-refractivity contribution in [3.8, 4) is 17.2 Å². The summed E-state index contributed by atoms with van der Waals surface area (Å²) in [5, 5.41) is 3.35. The lowest BCUT2D eigenvalue weighted by atomic mass is 10.1. The average molecular weight is 291 g/mol. The van der Waals surface area contributed by atoms with Crippen molar-refractivity contribution >= 4 is 0 Å². The molecular formula is C15H21N3O3. The molecule has 0 aliphatic heterocycles. The first-order valence-electron chi connectivity index (χ1n) is 6.68. The molecular weight excluding hydrogens is 270 g/mol. The number of hydrogen-bond acceptors (Lipinski definition) is 5. The maximum Gasteiger partial charge on any atom is 0.203 e. The van der Waals surface area contributed by atoms with Crippen molar-refractivity contribution in [1.29, 1.82) is 0 Å². The molecule has 1 aromatic carbocycles. The summed E-state index contributed by atoms with van der Waals surface area (Å²) < 4.78 is 16.0. The molecule has 0 aliphatic rings. The normalized spacial score (nSPS) is 10.5. The summed E-state index contributed by atoms with van der Waals surface area (Å²) >= 11 is 0. The van der Waals surface area contributed by atoms with Gasteiger partial charge in [-0.05, 0) is 24.6 Å². The maximum atomic E-state index is 5.34. The molecule has 2 aromatic rings. The Kier molecular flexibility index (Phi) is 5.05. The number of aromatic nitrogens is 2. The molecule has 0 radical (unpaired) electrons. The number of nitrogens with zero attached hydrogens (tertiary/aromatic N) is 1. The molecule has 0 atom stereocenters. The third kappa shape index (κ3) is 3.66. The summed E-state index contributed by atoms with van der Waals surface area (Å²) in [4.78, 5) is 7.35. The van der Waals surface area contributed by atoms with Crippen LogP contribution in [-0.4, -0.2) is 31.3 Å². The maximum absolute atomic E-state index is 5.34. The van der Waals surface area contributed by atoms with Crippen LogP contribution in [0.5, 0.6) is 17.2 Å². The van der Waals surface area contributed by atoms with Gasteiger partial charge in [-0.3, -0.25) is 0 Å². The lowest BCUT2D eigenvalue weighted by molar-refractivity contribution is 0.323. The second-order valence-corrected chi connectivity index (χ2v) is 4.63. The number of nitrogens with one attached hydrogen (secondary N) is 2. The Bertz CT molecular complexity index is 571. The first-order chi connectivity index (χ1) is 10.2. The van der Waals surface area contributed by atoms with Gasteiger partial charge in [0.1, 0.15) is 5.82 Å². The molecule has 2 rings (SSSR count). The van der Waals surface area contributed by atoms with Crippen molar-refractivity contribution in [2.45, 2.75) is 20.0 Å². The van der Waals surface area contributed by atoms with E-state index in [0.717, 1.165) is 23.6 Å². The van der Waals surface area contributed by atoms with E-state index < -0.39 is 0 Å². The number of aromatic amines is 1. The first kappa shape index (κ1) is 15.2. The molecule has 21 heavy (non-hydrogen) atoms. The Labute approximate surface area is 124 Å². The van der Waals surface area contributed by atoms with Crippen LogP contribution < -0.4 is 19.5 Å². The number of hydrogen-bond donors (Lipinski definition) is 2. The Morgan fingerprint density at radius 3 is 2.19 bits per heavy atom. The highest BCUT2D eigenvalue weighted by atomic mass is 16.5. The third-order valence-corrected chi connectivity index (χ3v) is 3.12. The van der Waals surface area contributed by atoms with Gasteiger partial charge in [-0.1, -0.05) is 0 Å². The van der Waals surface area contributed by atoms with Gasteiger partial charge in [0, 0.05) is 25.0 Å². The number of benzene rings is 1. The van der Waals surface area contributed by atoms with E-state index in [2.05, 4.69) is 15.3 Å². The van der Waals surface area contributed by atoms with Gasteiger partial charge in [0.25, 0.3) is 0 Å². The standard InChI is InChI=1S/C15H21N3O3/c1-10-17-9-12(18-10)8-16-7-11-5-13(19-2)15(21-4)14(6-11)20-3/h5-6,9,16H,7-8H2,1-4H3,(H,17,18). The van der Waals surface area contributed by atoms with Crippen molar-refractivity contribution in [2.75, 3.05) is 21.3 Å².